The summed E-state index contributed by atoms with van der Waals surface area (Å²) in [4.78, 5) is 10.3. The number of aldehydes is 1. The third kappa shape index (κ3) is 1.53. The van der Waals surface area contributed by atoms with Gasteiger partial charge in [-0.2, -0.15) is 0 Å². The fraction of sp³-hybridized carbons (Fsp3) is 0.833. The Morgan fingerprint density at radius 3 is 2.70 bits per heavy atom. The Balaban J connectivity index is 2.41. The largest absolute Gasteiger partial charge is 0.364 e. The van der Waals surface area contributed by atoms with E-state index in [-0.39, 0.29) is 12.3 Å². The zero-order chi connectivity index (χ0) is 7.40. The molecule has 2 unspecified atom stereocenters. The standard InChI is InChI=1S/C6H12N2O2/c1-10-6-5(4-9)7-2-3-8-6/h4-8H,2-3H2,1H3. The minimum absolute atomic E-state index is 0.161. The minimum Gasteiger partial charge on any atom is -0.364 e. The number of carbonyl (C=O) groups is 1. The van der Waals surface area contributed by atoms with Gasteiger partial charge >= 0.3 is 0 Å². The first-order valence-electron chi connectivity index (χ1n) is 3.33. The van der Waals surface area contributed by atoms with Crippen molar-refractivity contribution in [3.63, 3.8) is 0 Å². The highest BCUT2D eigenvalue weighted by molar-refractivity contribution is 5.58. The maximum Gasteiger partial charge on any atom is 0.140 e. The molecule has 0 radical (unpaired) electrons. The Bertz CT molecular complexity index is 118. The number of ether oxygens (including phenoxy) is 1. The van der Waals surface area contributed by atoms with Gasteiger partial charge in [-0.15, -0.1) is 0 Å². The van der Waals surface area contributed by atoms with Crippen molar-refractivity contribution in [3.8, 4) is 0 Å². The topological polar surface area (TPSA) is 50.4 Å². The van der Waals surface area contributed by atoms with Gasteiger partial charge in [-0.05, 0) is 0 Å². The second-order valence-corrected chi connectivity index (χ2v) is 2.23. The molecule has 0 aliphatic carbocycles. The number of hydrogen-bond donors (Lipinski definition) is 2. The average Bonchev–Trinajstić information content (AvgIpc) is 2.04. The molecule has 0 aromatic heterocycles. The average molecular weight is 144 g/mol. The smallest absolute Gasteiger partial charge is 0.140 e. The van der Waals surface area contributed by atoms with E-state index in [2.05, 4.69) is 10.6 Å². The SMILES string of the molecule is COC1NCCNC1C=O. The summed E-state index contributed by atoms with van der Waals surface area (Å²) in [6, 6.07) is -0.196. The first-order valence-corrected chi connectivity index (χ1v) is 3.33. The first kappa shape index (κ1) is 7.65. The number of piperazine rings is 1. The van der Waals surface area contributed by atoms with Crippen LogP contribution in [0.4, 0.5) is 0 Å². The van der Waals surface area contributed by atoms with E-state index in [0.29, 0.717) is 0 Å². The Morgan fingerprint density at radius 1 is 1.50 bits per heavy atom. The van der Waals surface area contributed by atoms with Crippen LogP contribution in [0.3, 0.4) is 0 Å². The van der Waals surface area contributed by atoms with Gasteiger partial charge in [0.1, 0.15) is 18.6 Å². The molecule has 4 nitrogen and oxygen atoms in total. The monoisotopic (exact) mass is 144 g/mol. The molecular formula is C6H12N2O2. The maximum absolute atomic E-state index is 10.3. The molecule has 1 saturated heterocycles. The number of methoxy groups -OCH3 is 1. The molecule has 0 saturated carbocycles. The van der Waals surface area contributed by atoms with E-state index < -0.39 is 0 Å². The molecule has 1 aliphatic rings. The Hall–Kier alpha value is -0.450. The van der Waals surface area contributed by atoms with Crippen LogP contribution in [0.2, 0.25) is 0 Å². The van der Waals surface area contributed by atoms with Crippen LogP contribution in [0.25, 0.3) is 0 Å². The highest BCUT2D eigenvalue weighted by Crippen LogP contribution is 1.94. The molecule has 1 fully saturated rings. The van der Waals surface area contributed by atoms with E-state index in [1.54, 1.807) is 7.11 Å². The third-order valence-corrected chi connectivity index (χ3v) is 1.58. The van der Waals surface area contributed by atoms with Gasteiger partial charge in [0.2, 0.25) is 0 Å². The van der Waals surface area contributed by atoms with Crippen LogP contribution in [0.15, 0.2) is 0 Å². The lowest BCUT2D eigenvalue weighted by molar-refractivity contribution is -0.114. The highest BCUT2D eigenvalue weighted by Gasteiger charge is 2.22. The van der Waals surface area contributed by atoms with Crippen LogP contribution < -0.4 is 10.6 Å². The fourth-order valence-corrected chi connectivity index (χ4v) is 1.04. The highest BCUT2D eigenvalue weighted by atomic mass is 16.5. The Labute approximate surface area is 59.9 Å². The number of rotatable bonds is 2. The summed E-state index contributed by atoms with van der Waals surface area (Å²) in [5, 5.41) is 6.07. The molecule has 2 atom stereocenters. The van der Waals surface area contributed by atoms with Gasteiger partial charge in [0.15, 0.2) is 0 Å². The van der Waals surface area contributed by atoms with E-state index >= 15 is 0 Å². The summed E-state index contributed by atoms with van der Waals surface area (Å²) < 4.78 is 4.99. The molecule has 0 bridgehead atoms. The summed E-state index contributed by atoms with van der Waals surface area (Å²) >= 11 is 0. The van der Waals surface area contributed by atoms with Crippen LogP contribution in [-0.2, 0) is 9.53 Å². The quantitative estimate of drug-likeness (QED) is 0.474. The van der Waals surface area contributed by atoms with Crippen LogP contribution in [0.1, 0.15) is 0 Å². The first-order chi connectivity index (χ1) is 4.88. The maximum atomic E-state index is 10.3. The molecule has 0 aromatic carbocycles. The molecule has 10 heavy (non-hydrogen) atoms. The zero-order valence-electron chi connectivity index (χ0n) is 5.96. The molecule has 1 aliphatic heterocycles. The molecule has 0 aromatic rings. The van der Waals surface area contributed by atoms with Crippen molar-refractivity contribution in [2.24, 2.45) is 0 Å². The molecule has 58 valence electrons. The predicted molar refractivity (Wildman–Crippen MR) is 36.7 cm³/mol. The summed E-state index contributed by atoms with van der Waals surface area (Å²) in [5.74, 6) is 0. The van der Waals surface area contributed by atoms with Gasteiger partial charge in [0.25, 0.3) is 0 Å². The van der Waals surface area contributed by atoms with Gasteiger partial charge in [-0.3, -0.25) is 5.32 Å². The molecular weight excluding hydrogens is 132 g/mol. The van der Waals surface area contributed by atoms with Gasteiger partial charge < -0.3 is 14.8 Å². The Kier molecular flexibility index (Phi) is 2.80. The van der Waals surface area contributed by atoms with Gasteiger partial charge in [-0.1, -0.05) is 0 Å². The van der Waals surface area contributed by atoms with Crippen molar-refractivity contribution in [3.05, 3.63) is 0 Å². The fourth-order valence-electron chi connectivity index (χ4n) is 1.04. The second kappa shape index (κ2) is 3.65. The van der Waals surface area contributed by atoms with Gasteiger partial charge in [-0.25, -0.2) is 0 Å². The van der Waals surface area contributed by atoms with Crippen molar-refractivity contribution >= 4 is 6.29 Å². The van der Waals surface area contributed by atoms with Gasteiger partial charge in [0.05, 0.1) is 0 Å². The van der Waals surface area contributed by atoms with E-state index in [9.17, 15) is 4.79 Å². The van der Waals surface area contributed by atoms with Crippen LogP contribution >= 0.6 is 0 Å². The van der Waals surface area contributed by atoms with Crippen LogP contribution in [-0.4, -0.2) is 38.8 Å². The molecule has 0 spiro atoms. The Morgan fingerprint density at radius 2 is 2.20 bits per heavy atom. The summed E-state index contributed by atoms with van der Waals surface area (Å²) in [6.07, 6.45) is 0.701. The van der Waals surface area contributed by atoms with E-state index in [0.717, 1.165) is 19.4 Å². The molecule has 1 heterocycles. The number of carbonyl (C=O) groups excluding carboxylic acids is 1. The van der Waals surface area contributed by atoms with Crippen molar-refractivity contribution in [2.75, 3.05) is 20.2 Å². The lowest BCUT2D eigenvalue weighted by Crippen LogP contribution is -2.57. The number of hydrogen-bond acceptors (Lipinski definition) is 4. The van der Waals surface area contributed by atoms with Crippen LogP contribution in [0.5, 0.6) is 0 Å². The number of nitrogens with one attached hydrogen (secondary N) is 2. The second-order valence-electron chi connectivity index (χ2n) is 2.23. The van der Waals surface area contributed by atoms with Gasteiger partial charge in [0, 0.05) is 20.2 Å². The van der Waals surface area contributed by atoms with Crippen molar-refractivity contribution in [1.29, 1.82) is 0 Å². The van der Waals surface area contributed by atoms with Crippen molar-refractivity contribution in [1.82, 2.24) is 10.6 Å². The van der Waals surface area contributed by atoms with E-state index in [4.69, 9.17) is 4.74 Å². The summed E-state index contributed by atoms with van der Waals surface area (Å²) in [7, 11) is 1.58. The lowest BCUT2D eigenvalue weighted by Gasteiger charge is -2.28. The summed E-state index contributed by atoms with van der Waals surface area (Å²) in [5.41, 5.74) is 0. The zero-order valence-corrected chi connectivity index (χ0v) is 5.96. The molecule has 1 rings (SSSR count). The van der Waals surface area contributed by atoms with E-state index in [1.807, 2.05) is 0 Å². The predicted octanol–water partition coefficient (Wildman–Crippen LogP) is -1.28. The van der Waals surface area contributed by atoms with Crippen molar-refractivity contribution < 1.29 is 9.53 Å². The molecule has 2 N–H and O–H groups in total. The summed E-state index contributed by atoms with van der Waals surface area (Å²) in [6.45, 7) is 1.67. The third-order valence-electron chi connectivity index (χ3n) is 1.58. The van der Waals surface area contributed by atoms with Crippen molar-refractivity contribution in [2.45, 2.75) is 12.3 Å². The van der Waals surface area contributed by atoms with E-state index in [1.165, 1.54) is 0 Å². The normalized spacial score (nSPS) is 33.7. The minimum atomic E-state index is -0.196. The molecule has 4 heteroatoms. The van der Waals surface area contributed by atoms with Crippen LogP contribution in [0, 0.1) is 0 Å². The molecule has 0 amide bonds. The lowest BCUT2D eigenvalue weighted by atomic mass is 10.2.